The molecule has 5 rings (SSSR count). The molecular weight excluding hydrogens is 609 g/mol. The zero-order chi connectivity index (χ0) is 30.9. The minimum atomic E-state index is -4.25. The number of rotatable bonds is 8. The monoisotopic (exact) mass is 638 g/mol. The lowest BCUT2D eigenvalue weighted by Gasteiger charge is -2.32. The summed E-state index contributed by atoms with van der Waals surface area (Å²) < 4.78 is 110. The van der Waals surface area contributed by atoms with E-state index in [-0.39, 0.29) is 80.7 Å². The van der Waals surface area contributed by atoms with Gasteiger partial charge < -0.3 is 9.47 Å². The molecule has 0 bridgehead atoms. The number of hydrogen-bond acceptors (Lipinski definition) is 8. The first-order chi connectivity index (χ1) is 20.3. The van der Waals surface area contributed by atoms with E-state index in [0.29, 0.717) is 28.4 Å². The van der Waals surface area contributed by atoms with Crippen LogP contribution in [0.1, 0.15) is 60.0 Å². The van der Waals surface area contributed by atoms with E-state index in [1.165, 1.54) is 24.5 Å². The quantitative estimate of drug-likeness (QED) is 0.271. The fraction of sp³-hybridized carbons (Fsp3) is 0.593. The summed E-state index contributed by atoms with van der Waals surface area (Å²) in [7, 11) is 1.34. The van der Waals surface area contributed by atoms with E-state index in [1.54, 1.807) is 0 Å². The molecule has 0 spiro atoms. The van der Waals surface area contributed by atoms with Crippen molar-refractivity contribution in [2.75, 3.05) is 20.2 Å². The summed E-state index contributed by atoms with van der Waals surface area (Å²) in [5.74, 6) is -4.60. The minimum Gasteiger partial charge on any atom is -0.496 e. The van der Waals surface area contributed by atoms with Gasteiger partial charge in [0, 0.05) is 18.5 Å². The van der Waals surface area contributed by atoms with Crippen molar-refractivity contribution in [3.8, 4) is 22.9 Å². The van der Waals surface area contributed by atoms with Gasteiger partial charge in [0.05, 0.1) is 40.1 Å². The van der Waals surface area contributed by atoms with Gasteiger partial charge in [0.1, 0.15) is 12.4 Å². The first kappa shape index (κ1) is 31.3. The Kier molecular flexibility index (Phi) is 9.07. The summed E-state index contributed by atoms with van der Waals surface area (Å²) in [4.78, 5) is 20.8. The Labute approximate surface area is 245 Å². The number of aromatic nitrogens is 3. The van der Waals surface area contributed by atoms with Crippen LogP contribution < -0.4 is 15.2 Å². The number of methoxy groups -OCH3 is 1. The number of nitrogens with zero attached hydrogens (tertiary/aromatic N) is 3. The Morgan fingerprint density at radius 2 is 1.65 bits per heavy atom. The Bertz CT molecular complexity index is 1450. The highest BCUT2D eigenvalue weighted by Crippen LogP contribution is 2.44. The van der Waals surface area contributed by atoms with Gasteiger partial charge in [-0.25, -0.2) is 14.2 Å². The molecule has 236 valence electrons. The molecule has 8 nitrogen and oxygen atoms in total. The molecule has 1 aromatic carbocycles. The van der Waals surface area contributed by atoms with Crippen molar-refractivity contribution in [3.05, 3.63) is 44.1 Å². The van der Waals surface area contributed by atoms with Gasteiger partial charge in [-0.05, 0) is 57.7 Å². The zero-order valence-electron chi connectivity index (χ0n) is 23.0. The molecule has 2 aromatic heterocycles. The van der Waals surface area contributed by atoms with Crippen LogP contribution in [0.3, 0.4) is 0 Å². The number of thiazole rings is 1. The predicted octanol–water partition coefficient (Wildman–Crippen LogP) is 6.82. The molecule has 43 heavy (non-hydrogen) atoms. The number of nitrogens with one attached hydrogen (secondary N) is 1. The smallest absolute Gasteiger partial charge is 0.439 e. The van der Waals surface area contributed by atoms with Crippen LogP contribution >= 0.6 is 11.3 Å². The molecule has 0 atom stereocenters. The second kappa shape index (κ2) is 12.5. The van der Waals surface area contributed by atoms with E-state index >= 15 is 4.39 Å². The van der Waals surface area contributed by atoms with Crippen LogP contribution in [0.25, 0.3) is 11.4 Å². The summed E-state index contributed by atoms with van der Waals surface area (Å²) in [6.07, 6.45) is -7.97. The molecule has 1 saturated carbocycles. The lowest BCUT2D eigenvalue weighted by molar-refractivity contribution is -0.185. The fourth-order valence-corrected chi connectivity index (χ4v) is 6.76. The van der Waals surface area contributed by atoms with E-state index in [1.807, 2.05) is 4.90 Å². The number of benzene rings is 1. The molecular formula is C27H29F7N4O4S. The highest BCUT2D eigenvalue weighted by Gasteiger charge is 2.43. The summed E-state index contributed by atoms with van der Waals surface area (Å²) in [5.41, 5.74) is 0.670. The molecule has 3 heterocycles. The maximum Gasteiger partial charge on any atom is 0.439 e. The second-order valence-corrected chi connectivity index (χ2v) is 11.9. The molecule has 1 aliphatic heterocycles. The van der Waals surface area contributed by atoms with Crippen molar-refractivity contribution in [2.45, 2.75) is 69.9 Å². The molecule has 2 fully saturated rings. The van der Waals surface area contributed by atoms with Crippen LogP contribution in [0.2, 0.25) is 0 Å². The maximum atomic E-state index is 15.1. The number of aromatic amines is 1. The number of piperidine rings is 1. The van der Waals surface area contributed by atoms with E-state index in [4.69, 9.17) is 14.5 Å². The van der Waals surface area contributed by atoms with Gasteiger partial charge in [-0.2, -0.15) is 26.3 Å². The topological polar surface area (TPSA) is 93.5 Å². The molecule has 3 aromatic rings. The van der Waals surface area contributed by atoms with Gasteiger partial charge in [0.15, 0.2) is 17.4 Å². The summed E-state index contributed by atoms with van der Waals surface area (Å²) >= 11 is 1.27. The van der Waals surface area contributed by atoms with Gasteiger partial charge in [-0.1, -0.05) is 5.16 Å². The Balaban J connectivity index is 1.34. The summed E-state index contributed by atoms with van der Waals surface area (Å²) in [6, 6.07) is 2.34. The summed E-state index contributed by atoms with van der Waals surface area (Å²) in [5, 5.41) is 4.18. The SMILES string of the molecule is COc1cc(OCc2sc([C@H]3CC[C@H](C(F)(F)F)CC3)nc2CN2CCC(C(F)(F)F)CC2)c(F)cc1-c1noc(=O)[nH]1. The van der Waals surface area contributed by atoms with E-state index in [9.17, 15) is 31.1 Å². The largest absolute Gasteiger partial charge is 0.496 e. The highest BCUT2D eigenvalue weighted by atomic mass is 32.1. The van der Waals surface area contributed by atoms with Crippen molar-refractivity contribution in [3.63, 3.8) is 0 Å². The molecule has 0 radical (unpaired) electrons. The van der Waals surface area contributed by atoms with Crippen molar-refractivity contribution >= 4 is 11.3 Å². The van der Waals surface area contributed by atoms with Crippen LogP contribution in [-0.2, 0) is 13.2 Å². The molecule has 1 aliphatic carbocycles. The van der Waals surface area contributed by atoms with Crippen LogP contribution in [0.4, 0.5) is 30.7 Å². The van der Waals surface area contributed by atoms with Crippen molar-refractivity contribution in [1.29, 1.82) is 0 Å². The minimum absolute atomic E-state index is 0.00594. The van der Waals surface area contributed by atoms with Gasteiger partial charge in [0.25, 0.3) is 0 Å². The number of alkyl halides is 6. The lowest BCUT2D eigenvalue weighted by Crippen LogP contribution is -2.38. The van der Waals surface area contributed by atoms with Crippen LogP contribution in [0.5, 0.6) is 11.5 Å². The van der Waals surface area contributed by atoms with Crippen molar-refractivity contribution in [1.82, 2.24) is 20.0 Å². The first-order valence-corrected chi connectivity index (χ1v) is 14.5. The van der Waals surface area contributed by atoms with Gasteiger partial charge in [0.2, 0.25) is 0 Å². The average molecular weight is 639 g/mol. The normalized spacial score (nSPS) is 20.8. The zero-order valence-corrected chi connectivity index (χ0v) is 23.8. The number of halogens is 7. The molecule has 1 saturated heterocycles. The Morgan fingerprint density at radius 3 is 2.23 bits per heavy atom. The third-order valence-electron chi connectivity index (χ3n) is 8.07. The van der Waals surface area contributed by atoms with Gasteiger partial charge in [-0.3, -0.25) is 14.4 Å². The number of likely N-dealkylation sites (tertiary alicyclic amines) is 1. The number of hydrogen-bond donors (Lipinski definition) is 1. The van der Waals surface area contributed by atoms with Gasteiger partial charge >= 0.3 is 18.1 Å². The van der Waals surface area contributed by atoms with Crippen molar-refractivity contribution in [2.24, 2.45) is 11.8 Å². The van der Waals surface area contributed by atoms with Gasteiger partial charge in [-0.15, -0.1) is 11.3 Å². The van der Waals surface area contributed by atoms with E-state index < -0.39 is 35.8 Å². The average Bonchev–Trinajstić information content (AvgIpc) is 3.57. The third-order valence-corrected chi connectivity index (χ3v) is 9.30. The molecule has 1 N–H and O–H groups in total. The highest BCUT2D eigenvalue weighted by molar-refractivity contribution is 7.11. The molecule has 2 aliphatic rings. The van der Waals surface area contributed by atoms with Crippen LogP contribution in [-0.4, -0.2) is 52.6 Å². The van der Waals surface area contributed by atoms with E-state index in [0.717, 1.165) is 6.07 Å². The standard InChI is InChI=1S/C27H29F7N4O4S/c1-40-20-11-21(18(28)10-17(20)23-36-25(39)42-37-23)41-13-22-19(12-38-8-6-16(7-9-38)27(32,33)34)35-24(43-22)14-2-4-15(5-3-14)26(29,30)31/h10-11,14-16H,2-9,12-13H2,1H3,(H,36,37,39)/t14-,15-. The molecule has 0 amide bonds. The van der Waals surface area contributed by atoms with Crippen LogP contribution in [0, 0.1) is 17.7 Å². The molecule has 16 heteroatoms. The van der Waals surface area contributed by atoms with Crippen LogP contribution in [0.15, 0.2) is 21.5 Å². The predicted molar refractivity (Wildman–Crippen MR) is 140 cm³/mol. The third kappa shape index (κ3) is 7.33. The van der Waals surface area contributed by atoms with Crippen molar-refractivity contribution < 1.29 is 44.7 Å². The number of H-pyrrole nitrogens is 1. The molecule has 0 unspecified atom stereocenters. The number of ether oxygens (including phenoxy) is 2. The Morgan fingerprint density at radius 1 is 1.00 bits per heavy atom. The lowest BCUT2D eigenvalue weighted by atomic mass is 9.82. The second-order valence-electron chi connectivity index (χ2n) is 10.8. The fourth-order valence-electron chi connectivity index (χ4n) is 5.60. The van der Waals surface area contributed by atoms with E-state index in [2.05, 4.69) is 14.7 Å². The summed E-state index contributed by atoms with van der Waals surface area (Å²) in [6.45, 7) is 0.531. The Hall–Kier alpha value is -3.14. The first-order valence-electron chi connectivity index (χ1n) is 13.7. The maximum absolute atomic E-state index is 15.1.